The number of hydrogen-bond acceptors (Lipinski definition) is 5. The number of nitrogens with one attached hydrogen (secondary N) is 1. The minimum absolute atomic E-state index is 0.0411. The van der Waals surface area contributed by atoms with Crippen LogP contribution >= 0.6 is 0 Å². The van der Waals surface area contributed by atoms with Crippen molar-refractivity contribution < 1.29 is 23.9 Å². The fourth-order valence-corrected chi connectivity index (χ4v) is 3.33. The number of carbonyl (C=O) groups is 3. The van der Waals surface area contributed by atoms with Crippen molar-refractivity contribution in [1.82, 2.24) is 0 Å². The molecule has 158 valence electrons. The van der Waals surface area contributed by atoms with Crippen LogP contribution in [-0.2, 0) is 25.5 Å². The first-order valence-corrected chi connectivity index (χ1v) is 10.1. The number of amides is 2. The number of para-hydroxylation sites is 2. The van der Waals surface area contributed by atoms with Gasteiger partial charge in [0, 0.05) is 18.7 Å². The van der Waals surface area contributed by atoms with Crippen LogP contribution in [0.15, 0.2) is 48.5 Å². The average Bonchev–Trinajstić information content (AvgIpc) is 3.15. The van der Waals surface area contributed by atoms with Gasteiger partial charge < -0.3 is 19.7 Å². The number of esters is 1. The minimum atomic E-state index is -0.621. The number of aryl methyl sites for hydroxylation is 1. The van der Waals surface area contributed by atoms with Gasteiger partial charge in [-0.1, -0.05) is 31.2 Å². The van der Waals surface area contributed by atoms with E-state index >= 15 is 0 Å². The van der Waals surface area contributed by atoms with E-state index in [-0.39, 0.29) is 18.9 Å². The second kappa shape index (κ2) is 9.91. The molecule has 0 aromatic heterocycles. The van der Waals surface area contributed by atoms with E-state index < -0.39 is 24.4 Å². The highest BCUT2D eigenvalue weighted by molar-refractivity contribution is 6.01. The maximum atomic E-state index is 12.5. The molecule has 0 unspecified atom stereocenters. The van der Waals surface area contributed by atoms with Crippen molar-refractivity contribution in [1.29, 1.82) is 0 Å². The first-order chi connectivity index (χ1) is 14.5. The zero-order valence-electron chi connectivity index (χ0n) is 17.2. The smallest absolute Gasteiger partial charge is 0.311 e. The van der Waals surface area contributed by atoms with Crippen molar-refractivity contribution in [2.75, 3.05) is 30.0 Å². The molecule has 1 N–H and O–H groups in total. The highest BCUT2D eigenvalue weighted by Gasteiger charge is 2.37. The molecule has 2 aromatic rings. The summed E-state index contributed by atoms with van der Waals surface area (Å²) in [6.45, 7) is 4.20. The van der Waals surface area contributed by atoms with Crippen molar-refractivity contribution in [3.63, 3.8) is 0 Å². The lowest BCUT2D eigenvalue weighted by Crippen LogP contribution is -2.28. The molecule has 7 nitrogen and oxygen atoms in total. The summed E-state index contributed by atoms with van der Waals surface area (Å²) in [4.78, 5) is 38.5. The van der Waals surface area contributed by atoms with Crippen molar-refractivity contribution in [2.45, 2.75) is 26.7 Å². The molecule has 1 fully saturated rings. The van der Waals surface area contributed by atoms with Gasteiger partial charge in [-0.25, -0.2) is 0 Å². The Morgan fingerprint density at radius 2 is 1.83 bits per heavy atom. The molecule has 1 saturated heterocycles. The Labute approximate surface area is 176 Å². The monoisotopic (exact) mass is 410 g/mol. The van der Waals surface area contributed by atoms with Crippen LogP contribution < -0.4 is 15.0 Å². The van der Waals surface area contributed by atoms with E-state index in [1.54, 1.807) is 12.1 Å². The number of anilines is 2. The highest BCUT2D eigenvalue weighted by Crippen LogP contribution is 2.33. The third-order valence-electron chi connectivity index (χ3n) is 4.91. The highest BCUT2D eigenvalue weighted by atomic mass is 16.5. The molecular formula is C23H26N2O5. The predicted molar refractivity (Wildman–Crippen MR) is 113 cm³/mol. The van der Waals surface area contributed by atoms with Crippen molar-refractivity contribution in [2.24, 2.45) is 5.92 Å². The normalized spacial score (nSPS) is 15.7. The summed E-state index contributed by atoms with van der Waals surface area (Å²) < 4.78 is 10.7. The van der Waals surface area contributed by atoms with E-state index in [1.165, 1.54) is 10.5 Å². The Morgan fingerprint density at radius 1 is 1.10 bits per heavy atom. The molecule has 3 rings (SSSR count). The fraction of sp³-hybridized carbons (Fsp3) is 0.348. The minimum Gasteiger partial charge on any atom is -0.492 e. The third-order valence-corrected chi connectivity index (χ3v) is 4.91. The van der Waals surface area contributed by atoms with Gasteiger partial charge in [0.25, 0.3) is 5.91 Å². The predicted octanol–water partition coefficient (Wildman–Crippen LogP) is 3.18. The lowest BCUT2D eigenvalue weighted by Gasteiger charge is -2.19. The van der Waals surface area contributed by atoms with Gasteiger partial charge >= 0.3 is 5.97 Å². The van der Waals surface area contributed by atoms with Crippen LogP contribution in [0.25, 0.3) is 0 Å². The molecule has 0 radical (unpaired) electrons. The van der Waals surface area contributed by atoms with E-state index in [1.807, 2.05) is 43.3 Å². The van der Waals surface area contributed by atoms with E-state index in [4.69, 9.17) is 9.47 Å². The molecule has 30 heavy (non-hydrogen) atoms. The lowest BCUT2D eigenvalue weighted by atomic mass is 10.1. The lowest BCUT2D eigenvalue weighted by molar-refractivity contribution is -0.151. The van der Waals surface area contributed by atoms with E-state index in [0.29, 0.717) is 23.7 Å². The summed E-state index contributed by atoms with van der Waals surface area (Å²) in [6, 6.07) is 14.7. The van der Waals surface area contributed by atoms with Gasteiger partial charge in [-0.2, -0.15) is 0 Å². The molecule has 2 aromatic carbocycles. The first-order valence-electron chi connectivity index (χ1n) is 10.1. The van der Waals surface area contributed by atoms with Gasteiger partial charge in [-0.3, -0.25) is 14.4 Å². The Balaban J connectivity index is 1.53. The molecule has 1 heterocycles. The van der Waals surface area contributed by atoms with Crippen LogP contribution in [0, 0.1) is 5.92 Å². The molecule has 0 aliphatic carbocycles. The third kappa shape index (κ3) is 5.17. The van der Waals surface area contributed by atoms with Gasteiger partial charge in [0.15, 0.2) is 6.61 Å². The standard InChI is InChI=1S/C23H26N2O5/c1-3-16-9-11-18(12-10-16)24-21(26)15-30-23(28)17-13-22(27)25(14-17)19-7-5-6-8-20(19)29-4-2/h5-12,17H,3-4,13-15H2,1-2H3,(H,24,26)/t17-/m1/s1. The quantitative estimate of drug-likeness (QED) is 0.676. The maximum absolute atomic E-state index is 12.5. The second-order valence-electron chi connectivity index (χ2n) is 7.01. The van der Waals surface area contributed by atoms with Gasteiger partial charge in [-0.05, 0) is 43.2 Å². The summed E-state index contributed by atoms with van der Waals surface area (Å²) in [7, 11) is 0. The van der Waals surface area contributed by atoms with Gasteiger partial charge in [-0.15, -0.1) is 0 Å². The Morgan fingerprint density at radius 3 is 2.53 bits per heavy atom. The molecule has 0 saturated carbocycles. The largest absolute Gasteiger partial charge is 0.492 e. The van der Waals surface area contributed by atoms with Crippen LogP contribution in [0.2, 0.25) is 0 Å². The number of hydrogen-bond donors (Lipinski definition) is 1. The topological polar surface area (TPSA) is 84.9 Å². The summed E-state index contributed by atoms with van der Waals surface area (Å²) in [5.41, 5.74) is 2.44. The van der Waals surface area contributed by atoms with Crippen LogP contribution in [0.1, 0.15) is 25.8 Å². The average molecular weight is 410 g/mol. The number of ether oxygens (including phenoxy) is 2. The molecule has 7 heteroatoms. The zero-order valence-corrected chi connectivity index (χ0v) is 17.2. The van der Waals surface area contributed by atoms with Crippen LogP contribution in [-0.4, -0.2) is 37.5 Å². The molecule has 0 spiro atoms. The van der Waals surface area contributed by atoms with Gasteiger partial charge in [0.05, 0.1) is 18.2 Å². The van der Waals surface area contributed by atoms with Gasteiger partial charge in [0.1, 0.15) is 5.75 Å². The molecule has 2 amide bonds. The molecule has 1 aliphatic heterocycles. The fourth-order valence-electron chi connectivity index (χ4n) is 3.33. The number of rotatable bonds is 8. The second-order valence-corrected chi connectivity index (χ2v) is 7.01. The Hall–Kier alpha value is -3.35. The van der Waals surface area contributed by atoms with Crippen LogP contribution in [0.3, 0.4) is 0 Å². The SMILES string of the molecule is CCOc1ccccc1N1C[C@H](C(=O)OCC(=O)Nc2ccc(CC)cc2)CC1=O. The zero-order chi connectivity index (χ0) is 21.5. The molecule has 1 atom stereocenters. The summed E-state index contributed by atoms with van der Waals surface area (Å²) in [5, 5.41) is 2.69. The van der Waals surface area contributed by atoms with Crippen molar-refractivity contribution >= 4 is 29.2 Å². The number of benzene rings is 2. The number of carbonyl (C=O) groups excluding carboxylic acids is 3. The number of nitrogens with zero attached hydrogens (tertiary/aromatic N) is 1. The molecule has 1 aliphatic rings. The summed E-state index contributed by atoms with van der Waals surface area (Å²) >= 11 is 0. The van der Waals surface area contributed by atoms with Crippen molar-refractivity contribution in [3.8, 4) is 5.75 Å². The van der Waals surface area contributed by atoms with E-state index in [0.717, 1.165) is 6.42 Å². The van der Waals surface area contributed by atoms with Crippen molar-refractivity contribution in [3.05, 3.63) is 54.1 Å². The van der Waals surface area contributed by atoms with E-state index in [2.05, 4.69) is 12.2 Å². The summed E-state index contributed by atoms with van der Waals surface area (Å²) in [5.74, 6) is -1.18. The Kier molecular flexibility index (Phi) is 7.06. The Bertz CT molecular complexity index is 910. The molecule has 0 bridgehead atoms. The van der Waals surface area contributed by atoms with Crippen LogP contribution in [0.4, 0.5) is 11.4 Å². The van der Waals surface area contributed by atoms with E-state index in [9.17, 15) is 14.4 Å². The first kappa shape index (κ1) is 21.4. The molecular weight excluding hydrogens is 384 g/mol. The van der Waals surface area contributed by atoms with Crippen LogP contribution in [0.5, 0.6) is 5.75 Å². The summed E-state index contributed by atoms with van der Waals surface area (Å²) in [6.07, 6.45) is 0.956. The van der Waals surface area contributed by atoms with Gasteiger partial charge in [0.2, 0.25) is 5.91 Å². The maximum Gasteiger partial charge on any atom is 0.311 e.